The minimum Gasteiger partial charge on any atom is -0.393 e. The number of aromatic amines is 1. The number of amides is 1. The van der Waals surface area contributed by atoms with Crippen molar-refractivity contribution in [1.82, 2.24) is 20.5 Å². The van der Waals surface area contributed by atoms with Crippen LogP contribution < -0.4 is 5.32 Å². The SMILES string of the molecule is O=C(NC1CCC(O)CC1)c1ccccc1Sc1ccc2c(/C=C/c3ccccn3)n[nH]c2c1. The molecule has 0 aliphatic heterocycles. The number of pyridine rings is 1. The molecule has 1 amide bonds. The molecule has 3 N–H and O–H groups in total. The monoisotopic (exact) mass is 470 g/mol. The molecule has 4 aromatic rings. The van der Waals surface area contributed by atoms with Crippen molar-refractivity contribution in [2.75, 3.05) is 0 Å². The Morgan fingerprint density at radius 1 is 1.03 bits per heavy atom. The molecule has 1 fully saturated rings. The van der Waals surface area contributed by atoms with Gasteiger partial charge in [-0.15, -0.1) is 0 Å². The standard InChI is InChI=1S/C27H26N4O2S/c32-20-11-8-19(9-12-20)29-27(33)23-6-1-2-7-26(23)34-21-13-14-22-24(30-31-25(22)17-21)15-10-18-5-3-4-16-28-18/h1-7,10,13-17,19-20,32H,8-9,11-12H2,(H,29,33)(H,30,31)/b15-10+. The van der Waals surface area contributed by atoms with Gasteiger partial charge >= 0.3 is 0 Å². The van der Waals surface area contributed by atoms with Crippen molar-refractivity contribution in [3.8, 4) is 0 Å². The topological polar surface area (TPSA) is 90.9 Å². The Hall–Kier alpha value is -3.42. The fraction of sp³-hybridized carbons (Fsp3) is 0.222. The lowest BCUT2D eigenvalue weighted by molar-refractivity contribution is 0.0865. The molecule has 2 aromatic carbocycles. The first kappa shape index (κ1) is 22.4. The number of benzene rings is 2. The third-order valence-electron chi connectivity index (χ3n) is 6.05. The molecular weight excluding hydrogens is 444 g/mol. The molecule has 1 saturated carbocycles. The van der Waals surface area contributed by atoms with E-state index >= 15 is 0 Å². The highest BCUT2D eigenvalue weighted by Gasteiger charge is 2.22. The van der Waals surface area contributed by atoms with E-state index in [1.807, 2.05) is 54.6 Å². The first-order chi connectivity index (χ1) is 16.7. The van der Waals surface area contributed by atoms with Crippen LogP contribution in [0.3, 0.4) is 0 Å². The predicted octanol–water partition coefficient (Wildman–Crippen LogP) is 5.31. The van der Waals surface area contributed by atoms with Crippen LogP contribution in [-0.4, -0.2) is 38.3 Å². The second kappa shape index (κ2) is 10.2. The third kappa shape index (κ3) is 5.21. The first-order valence-corrected chi connectivity index (χ1v) is 12.3. The zero-order chi connectivity index (χ0) is 23.3. The molecule has 5 rings (SSSR count). The molecule has 0 saturated heterocycles. The number of rotatable bonds is 6. The Morgan fingerprint density at radius 3 is 2.68 bits per heavy atom. The van der Waals surface area contributed by atoms with Gasteiger partial charge in [-0.2, -0.15) is 5.10 Å². The molecule has 0 spiro atoms. The number of carbonyl (C=O) groups excluding carboxylic acids is 1. The van der Waals surface area contributed by atoms with Gasteiger partial charge in [-0.1, -0.05) is 30.0 Å². The molecule has 34 heavy (non-hydrogen) atoms. The van der Waals surface area contributed by atoms with Crippen LogP contribution in [0.25, 0.3) is 23.1 Å². The fourth-order valence-corrected chi connectivity index (χ4v) is 5.19. The number of hydrogen-bond acceptors (Lipinski definition) is 5. The van der Waals surface area contributed by atoms with E-state index in [1.165, 1.54) is 0 Å². The number of nitrogens with zero attached hydrogens (tertiary/aromatic N) is 2. The van der Waals surface area contributed by atoms with Gasteiger partial charge in [0, 0.05) is 27.4 Å². The zero-order valence-electron chi connectivity index (χ0n) is 18.6. The van der Waals surface area contributed by atoms with Crippen molar-refractivity contribution in [3.05, 3.63) is 83.8 Å². The highest BCUT2D eigenvalue weighted by Crippen LogP contribution is 2.33. The van der Waals surface area contributed by atoms with Crippen molar-refractivity contribution in [3.63, 3.8) is 0 Å². The lowest BCUT2D eigenvalue weighted by Crippen LogP contribution is -2.38. The van der Waals surface area contributed by atoms with Crippen LogP contribution in [0.5, 0.6) is 0 Å². The van der Waals surface area contributed by atoms with Gasteiger partial charge in [0.05, 0.1) is 28.6 Å². The van der Waals surface area contributed by atoms with Gasteiger partial charge in [0.25, 0.3) is 5.91 Å². The second-order valence-electron chi connectivity index (χ2n) is 8.48. The van der Waals surface area contributed by atoms with E-state index in [4.69, 9.17) is 0 Å². The minimum atomic E-state index is -0.237. The van der Waals surface area contributed by atoms with E-state index < -0.39 is 0 Å². The molecule has 1 aliphatic rings. The molecule has 1 aliphatic carbocycles. The van der Waals surface area contributed by atoms with Crippen LogP contribution in [0.1, 0.15) is 47.4 Å². The summed E-state index contributed by atoms with van der Waals surface area (Å²) in [6, 6.07) is 19.8. The highest BCUT2D eigenvalue weighted by molar-refractivity contribution is 7.99. The predicted molar refractivity (Wildman–Crippen MR) is 136 cm³/mol. The Labute approximate surface area is 202 Å². The van der Waals surface area contributed by atoms with Gasteiger partial charge in [0.2, 0.25) is 0 Å². The van der Waals surface area contributed by atoms with Gasteiger partial charge < -0.3 is 10.4 Å². The summed E-state index contributed by atoms with van der Waals surface area (Å²) in [5, 5.41) is 21.5. The van der Waals surface area contributed by atoms with Crippen LogP contribution in [0.15, 0.2) is 76.7 Å². The summed E-state index contributed by atoms with van der Waals surface area (Å²) in [5.74, 6) is -0.0611. The zero-order valence-corrected chi connectivity index (χ0v) is 19.5. The van der Waals surface area contributed by atoms with Crippen LogP contribution >= 0.6 is 11.8 Å². The Morgan fingerprint density at radius 2 is 1.85 bits per heavy atom. The van der Waals surface area contributed by atoms with Crippen molar-refractivity contribution >= 4 is 40.7 Å². The number of nitrogens with one attached hydrogen (secondary N) is 2. The van der Waals surface area contributed by atoms with Crippen molar-refractivity contribution in [2.24, 2.45) is 0 Å². The lowest BCUT2D eigenvalue weighted by Gasteiger charge is -2.26. The molecule has 172 valence electrons. The number of carbonyl (C=O) groups is 1. The largest absolute Gasteiger partial charge is 0.393 e. The van der Waals surface area contributed by atoms with Crippen molar-refractivity contribution < 1.29 is 9.90 Å². The third-order valence-corrected chi connectivity index (χ3v) is 7.12. The smallest absolute Gasteiger partial charge is 0.252 e. The first-order valence-electron chi connectivity index (χ1n) is 11.5. The molecular formula is C27H26N4O2S. The fourth-order valence-electron chi connectivity index (χ4n) is 4.20. The minimum absolute atomic E-state index is 0.0611. The number of aromatic nitrogens is 3. The van der Waals surface area contributed by atoms with Gasteiger partial charge in [0.15, 0.2) is 0 Å². The van der Waals surface area contributed by atoms with E-state index in [-0.39, 0.29) is 18.1 Å². The van der Waals surface area contributed by atoms with E-state index in [0.717, 1.165) is 57.8 Å². The van der Waals surface area contributed by atoms with Gasteiger partial charge in [-0.25, -0.2) is 0 Å². The van der Waals surface area contributed by atoms with Crippen LogP contribution in [0.4, 0.5) is 0 Å². The summed E-state index contributed by atoms with van der Waals surface area (Å²) in [6.07, 6.45) is 8.54. The van der Waals surface area contributed by atoms with Gasteiger partial charge in [0.1, 0.15) is 0 Å². The average molecular weight is 471 g/mol. The average Bonchev–Trinajstić information content (AvgIpc) is 3.27. The summed E-state index contributed by atoms with van der Waals surface area (Å²) in [5.41, 5.74) is 3.34. The number of H-pyrrole nitrogens is 1. The second-order valence-corrected chi connectivity index (χ2v) is 9.60. The Kier molecular flexibility index (Phi) is 6.74. The molecule has 0 radical (unpaired) electrons. The van der Waals surface area contributed by atoms with E-state index in [0.29, 0.717) is 5.56 Å². The Bertz CT molecular complexity index is 1310. The molecule has 0 bridgehead atoms. The lowest BCUT2D eigenvalue weighted by atomic mass is 9.93. The van der Waals surface area contributed by atoms with Crippen LogP contribution in [0, 0.1) is 0 Å². The van der Waals surface area contributed by atoms with E-state index in [1.54, 1.807) is 18.0 Å². The summed E-state index contributed by atoms with van der Waals surface area (Å²) in [7, 11) is 0. The van der Waals surface area contributed by atoms with Gasteiger partial charge in [-0.05, 0) is 80.3 Å². The number of fused-ring (bicyclic) bond motifs is 1. The highest BCUT2D eigenvalue weighted by atomic mass is 32.2. The molecule has 0 unspecified atom stereocenters. The normalized spacial score (nSPS) is 18.4. The Balaban J connectivity index is 1.32. The van der Waals surface area contributed by atoms with E-state index in [9.17, 15) is 9.90 Å². The van der Waals surface area contributed by atoms with Crippen molar-refractivity contribution in [1.29, 1.82) is 0 Å². The molecule has 2 aromatic heterocycles. The maximum Gasteiger partial charge on any atom is 0.252 e. The summed E-state index contributed by atoms with van der Waals surface area (Å²) in [6.45, 7) is 0. The van der Waals surface area contributed by atoms with Gasteiger partial charge in [-0.3, -0.25) is 14.9 Å². The summed E-state index contributed by atoms with van der Waals surface area (Å²) >= 11 is 1.56. The number of hydrogen-bond donors (Lipinski definition) is 3. The molecule has 2 heterocycles. The van der Waals surface area contributed by atoms with Crippen LogP contribution in [0.2, 0.25) is 0 Å². The van der Waals surface area contributed by atoms with Crippen molar-refractivity contribution in [2.45, 2.75) is 47.6 Å². The maximum absolute atomic E-state index is 13.0. The molecule has 7 heteroatoms. The summed E-state index contributed by atoms with van der Waals surface area (Å²) < 4.78 is 0. The quantitative estimate of drug-likeness (QED) is 0.355. The molecule has 6 nitrogen and oxygen atoms in total. The number of aliphatic hydroxyl groups excluding tert-OH is 1. The molecule has 0 atom stereocenters. The van der Waals surface area contributed by atoms with E-state index in [2.05, 4.69) is 38.7 Å². The van der Waals surface area contributed by atoms with Crippen LogP contribution in [-0.2, 0) is 0 Å². The maximum atomic E-state index is 13.0. The number of aliphatic hydroxyl groups is 1. The summed E-state index contributed by atoms with van der Waals surface area (Å²) in [4.78, 5) is 19.2.